The van der Waals surface area contributed by atoms with Crippen LogP contribution in [0.4, 0.5) is 0 Å². The maximum Gasteiger partial charge on any atom is 0.309 e. The molecule has 0 fully saturated rings. The second-order valence-electron chi connectivity index (χ2n) is 6.11. The van der Waals surface area contributed by atoms with E-state index in [2.05, 4.69) is 34.6 Å². The minimum atomic E-state index is -0.988. The van der Waals surface area contributed by atoms with Gasteiger partial charge in [0, 0.05) is 0 Å². The average molecular weight is 274 g/mol. The Kier molecular flexibility index (Phi) is 8.26. The summed E-state index contributed by atoms with van der Waals surface area (Å²) in [5, 5.41) is 18.0. The van der Waals surface area contributed by atoms with Crippen LogP contribution >= 0.6 is 0 Å². The molecule has 0 amide bonds. The first-order valence-corrected chi connectivity index (χ1v) is 7.24. The molecule has 0 aromatic heterocycles. The van der Waals surface area contributed by atoms with Crippen molar-refractivity contribution in [1.82, 2.24) is 0 Å². The Hall–Kier alpha value is -0.610. The second kappa shape index (κ2) is 8.54. The van der Waals surface area contributed by atoms with Crippen LogP contribution in [0.3, 0.4) is 0 Å². The maximum atomic E-state index is 12.2. The number of ether oxygens (including phenoxy) is 1. The fourth-order valence-electron chi connectivity index (χ4n) is 1.88. The van der Waals surface area contributed by atoms with E-state index in [1.165, 1.54) is 0 Å². The van der Waals surface area contributed by atoms with Crippen LogP contribution in [0.5, 0.6) is 0 Å². The molecule has 4 nitrogen and oxygen atoms in total. The van der Waals surface area contributed by atoms with Gasteiger partial charge in [0.05, 0.1) is 12.5 Å². The molecular formula is C15H30O4. The molecule has 19 heavy (non-hydrogen) atoms. The molecule has 4 heteroatoms. The highest BCUT2D eigenvalue weighted by Gasteiger charge is 2.35. The predicted molar refractivity (Wildman–Crippen MR) is 75.7 cm³/mol. The molecule has 0 radical (unpaired) electrons. The highest BCUT2D eigenvalue weighted by Crippen LogP contribution is 2.36. The lowest BCUT2D eigenvalue weighted by Crippen LogP contribution is -2.35. The summed E-state index contributed by atoms with van der Waals surface area (Å²) in [7, 11) is 0. The van der Waals surface area contributed by atoms with Crippen molar-refractivity contribution in [2.24, 2.45) is 17.3 Å². The monoisotopic (exact) mass is 274 g/mol. The van der Waals surface area contributed by atoms with Crippen LogP contribution in [0.2, 0.25) is 0 Å². The smallest absolute Gasteiger partial charge is 0.309 e. The highest BCUT2D eigenvalue weighted by molar-refractivity contribution is 5.73. The van der Waals surface area contributed by atoms with Crippen LogP contribution in [-0.2, 0) is 9.53 Å². The van der Waals surface area contributed by atoms with Crippen molar-refractivity contribution in [2.75, 3.05) is 13.2 Å². The molecule has 0 aliphatic heterocycles. The molecule has 0 heterocycles. The first-order chi connectivity index (χ1) is 8.78. The van der Waals surface area contributed by atoms with Gasteiger partial charge < -0.3 is 14.9 Å². The molecule has 0 saturated heterocycles. The SMILES string of the molecule is CCC(C)CC(C(=O)OCC(O)CO)C(C)(C)CC. The number of carbonyl (C=O) groups is 1. The van der Waals surface area contributed by atoms with E-state index < -0.39 is 6.10 Å². The number of esters is 1. The summed E-state index contributed by atoms with van der Waals surface area (Å²) in [6, 6.07) is 0. The molecule has 0 aliphatic rings. The lowest BCUT2D eigenvalue weighted by atomic mass is 9.72. The van der Waals surface area contributed by atoms with Crippen molar-refractivity contribution in [3.8, 4) is 0 Å². The van der Waals surface area contributed by atoms with Gasteiger partial charge in [-0.3, -0.25) is 4.79 Å². The fraction of sp³-hybridized carbons (Fsp3) is 0.933. The highest BCUT2D eigenvalue weighted by atomic mass is 16.5. The summed E-state index contributed by atoms with van der Waals surface area (Å²) < 4.78 is 5.14. The fourth-order valence-corrected chi connectivity index (χ4v) is 1.88. The number of rotatable bonds is 9. The third-order valence-electron chi connectivity index (χ3n) is 4.10. The molecule has 0 aromatic carbocycles. The summed E-state index contributed by atoms with van der Waals surface area (Å²) in [5.74, 6) is 0.0316. The van der Waals surface area contributed by atoms with Gasteiger partial charge >= 0.3 is 5.97 Å². The molecule has 114 valence electrons. The number of carbonyl (C=O) groups excluding carboxylic acids is 1. The van der Waals surface area contributed by atoms with Crippen LogP contribution in [0, 0.1) is 17.3 Å². The molecule has 3 unspecified atom stereocenters. The minimum absolute atomic E-state index is 0.120. The summed E-state index contributed by atoms with van der Waals surface area (Å²) in [6.07, 6.45) is 1.73. The Bertz CT molecular complexity index is 263. The molecule has 0 rings (SSSR count). The molecular weight excluding hydrogens is 244 g/mol. The lowest BCUT2D eigenvalue weighted by molar-refractivity contribution is -0.157. The van der Waals surface area contributed by atoms with Gasteiger partial charge in [0.2, 0.25) is 0 Å². The first-order valence-electron chi connectivity index (χ1n) is 7.24. The van der Waals surface area contributed by atoms with Gasteiger partial charge in [-0.1, -0.05) is 47.5 Å². The van der Waals surface area contributed by atoms with Gasteiger partial charge in [0.25, 0.3) is 0 Å². The predicted octanol–water partition coefficient (Wildman–Crippen LogP) is 2.37. The lowest BCUT2D eigenvalue weighted by Gasteiger charge is -2.33. The van der Waals surface area contributed by atoms with Gasteiger partial charge in [0.1, 0.15) is 12.7 Å². The van der Waals surface area contributed by atoms with Gasteiger partial charge in [-0.2, -0.15) is 0 Å². The molecule has 0 spiro atoms. The molecule has 0 aromatic rings. The Labute approximate surface area is 117 Å². The summed E-state index contributed by atoms with van der Waals surface area (Å²) in [4.78, 5) is 12.2. The summed E-state index contributed by atoms with van der Waals surface area (Å²) >= 11 is 0. The van der Waals surface area contributed by atoms with E-state index in [0.29, 0.717) is 5.92 Å². The van der Waals surface area contributed by atoms with Crippen LogP contribution < -0.4 is 0 Å². The van der Waals surface area contributed by atoms with Gasteiger partial charge in [0.15, 0.2) is 0 Å². The van der Waals surface area contributed by atoms with Gasteiger partial charge in [-0.25, -0.2) is 0 Å². The quantitative estimate of drug-likeness (QED) is 0.633. The number of aliphatic hydroxyl groups is 2. The van der Waals surface area contributed by atoms with Crippen molar-refractivity contribution in [1.29, 1.82) is 0 Å². The second-order valence-corrected chi connectivity index (χ2v) is 6.11. The number of hydrogen-bond acceptors (Lipinski definition) is 4. The number of aliphatic hydroxyl groups excluding tert-OH is 2. The Morgan fingerprint density at radius 2 is 1.89 bits per heavy atom. The third kappa shape index (κ3) is 6.39. The van der Waals surface area contributed by atoms with E-state index in [0.717, 1.165) is 19.3 Å². The summed E-state index contributed by atoms with van der Waals surface area (Å²) in [5.41, 5.74) is -0.120. The van der Waals surface area contributed by atoms with E-state index in [1.807, 2.05) is 0 Å². The van der Waals surface area contributed by atoms with Crippen molar-refractivity contribution in [3.05, 3.63) is 0 Å². The topological polar surface area (TPSA) is 66.8 Å². The van der Waals surface area contributed by atoms with Crippen molar-refractivity contribution >= 4 is 5.97 Å². The first kappa shape index (κ1) is 18.4. The van der Waals surface area contributed by atoms with Crippen molar-refractivity contribution in [3.63, 3.8) is 0 Å². The largest absolute Gasteiger partial charge is 0.463 e. The average Bonchev–Trinajstić information content (AvgIpc) is 2.40. The zero-order valence-electron chi connectivity index (χ0n) is 13.0. The van der Waals surface area contributed by atoms with E-state index in [9.17, 15) is 9.90 Å². The zero-order chi connectivity index (χ0) is 15.1. The number of hydrogen-bond donors (Lipinski definition) is 2. The van der Waals surface area contributed by atoms with Crippen LogP contribution in [0.25, 0.3) is 0 Å². The van der Waals surface area contributed by atoms with E-state index >= 15 is 0 Å². The van der Waals surface area contributed by atoms with Crippen LogP contribution in [0.15, 0.2) is 0 Å². The molecule has 2 N–H and O–H groups in total. The maximum absolute atomic E-state index is 12.2. The Balaban J connectivity index is 4.69. The minimum Gasteiger partial charge on any atom is -0.463 e. The molecule has 0 bridgehead atoms. The van der Waals surface area contributed by atoms with Gasteiger partial charge in [-0.15, -0.1) is 0 Å². The molecule has 0 saturated carbocycles. The van der Waals surface area contributed by atoms with Crippen LogP contribution in [0.1, 0.15) is 53.9 Å². The standard InChI is InChI=1S/C15H30O4/c1-6-11(3)8-13(15(4,5)7-2)14(18)19-10-12(17)9-16/h11-13,16-17H,6-10H2,1-5H3. The van der Waals surface area contributed by atoms with Crippen molar-refractivity contribution < 1.29 is 19.7 Å². The normalized spacial score (nSPS) is 16.8. The van der Waals surface area contributed by atoms with Crippen molar-refractivity contribution in [2.45, 2.75) is 60.0 Å². The Morgan fingerprint density at radius 3 is 2.32 bits per heavy atom. The van der Waals surface area contributed by atoms with Gasteiger partial charge in [-0.05, 0) is 17.8 Å². The molecule has 3 atom stereocenters. The van der Waals surface area contributed by atoms with E-state index in [-0.39, 0.29) is 30.5 Å². The third-order valence-corrected chi connectivity index (χ3v) is 4.10. The van der Waals surface area contributed by atoms with Crippen LogP contribution in [-0.4, -0.2) is 35.5 Å². The van der Waals surface area contributed by atoms with E-state index in [1.54, 1.807) is 0 Å². The molecule has 0 aliphatic carbocycles. The zero-order valence-corrected chi connectivity index (χ0v) is 13.0. The Morgan fingerprint density at radius 1 is 1.32 bits per heavy atom. The summed E-state index contributed by atoms with van der Waals surface area (Å²) in [6.45, 7) is 9.94. The van der Waals surface area contributed by atoms with E-state index in [4.69, 9.17) is 9.84 Å².